The van der Waals surface area contributed by atoms with Crippen LogP contribution in [0, 0.1) is 6.92 Å². The lowest BCUT2D eigenvalue weighted by atomic mass is 10.1. The second-order valence-electron chi connectivity index (χ2n) is 6.50. The van der Waals surface area contributed by atoms with Crippen molar-refractivity contribution in [1.29, 1.82) is 0 Å². The summed E-state index contributed by atoms with van der Waals surface area (Å²) in [5.74, 6) is 2.58. The molecule has 2 aromatic rings. The quantitative estimate of drug-likeness (QED) is 0.690. The number of anilines is 1. The third-order valence-corrected chi connectivity index (χ3v) is 8.85. The first-order valence-electron chi connectivity index (χ1n) is 9.03. The highest BCUT2D eigenvalue weighted by Gasteiger charge is 2.28. The van der Waals surface area contributed by atoms with Gasteiger partial charge in [-0.25, -0.2) is 8.42 Å². The lowest BCUT2D eigenvalue weighted by Crippen LogP contribution is -2.37. The number of carbonyl (C=O) groups is 1. The van der Waals surface area contributed by atoms with Crippen LogP contribution in [0.25, 0.3) is 0 Å². The second kappa shape index (κ2) is 9.38. The highest BCUT2D eigenvalue weighted by Crippen LogP contribution is 2.33. The van der Waals surface area contributed by atoms with E-state index in [-0.39, 0.29) is 16.5 Å². The third-order valence-electron chi connectivity index (χ3n) is 4.51. The van der Waals surface area contributed by atoms with E-state index in [1.165, 1.54) is 15.6 Å². The normalized spacial score (nSPS) is 15.1. The minimum absolute atomic E-state index is 0.119. The van der Waals surface area contributed by atoms with Gasteiger partial charge in [0, 0.05) is 35.5 Å². The van der Waals surface area contributed by atoms with Crippen molar-refractivity contribution in [3.05, 3.63) is 34.7 Å². The minimum Gasteiger partial charge on any atom is -0.497 e. The molecule has 0 aliphatic carbocycles. The summed E-state index contributed by atoms with van der Waals surface area (Å²) in [5, 5.41) is 2.83. The summed E-state index contributed by atoms with van der Waals surface area (Å²) >= 11 is 2.94. The van der Waals surface area contributed by atoms with Gasteiger partial charge in [0.15, 0.2) is 0 Å². The van der Waals surface area contributed by atoms with Crippen LogP contribution in [-0.2, 0) is 21.2 Å². The molecule has 1 aliphatic heterocycles. The summed E-state index contributed by atoms with van der Waals surface area (Å²) in [6.45, 7) is 2.84. The Hall–Kier alpha value is -1.75. The summed E-state index contributed by atoms with van der Waals surface area (Å²) in [6, 6.07) is 6.83. The summed E-state index contributed by atoms with van der Waals surface area (Å²) in [5.41, 5.74) is 1.27. The van der Waals surface area contributed by atoms with Gasteiger partial charge in [0.2, 0.25) is 5.91 Å². The Morgan fingerprint density at radius 3 is 2.31 bits per heavy atom. The van der Waals surface area contributed by atoms with Crippen LogP contribution >= 0.6 is 23.1 Å². The Morgan fingerprint density at radius 1 is 1.10 bits per heavy atom. The molecule has 0 atom stereocenters. The van der Waals surface area contributed by atoms with E-state index in [1.807, 2.05) is 0 Å². The molecule has 2 heterocycles. The Morgan fingerprint density at radius 2 is 1.72 bits per heavy atom. The maximum Gasteiger partial charge on any atom is 0.252 e. The van der Waals surface area contributed by atoms with Crippen LogP contribution in [0.3, 0.4) is 0 Å². The first-order valence-corrected chi connectivity index (χ1v) is 12.4. The number of methoxy groups -OCH3 is 2. The molecule has 10 heteroatoms. The maximum absolute atomic E-state index is 12.9. The molecule has 1 saturated heterocycles. The zero-order valence-corrected chi connectivity index (χ0v) is 19.0. The highest BCUT2D eigenvalue weighted by molar-refractivity contribution is 7.99. The fourth-order valence-electron chi connectivity index (χ4n) is 2.97. The van der Waals surface area contributed by atoms with E-state index < -0.39 is 10.0 Å². The van der Waals surface area contributed by atoms with E-state index in [0.29, 0.717) is 30.3 Å². The number of aryl methyl sites for hydroxylation is 1. The summed E-state index contributed by atoms with van der Waals surface area (Å²) in [7, 11) is -0.418. The molecule has 1 amide bonds. The minimum atomic E-state index is -3.52. The Bertz CT molecular complexity index is 959. The number of nitrogens with one attached hydrogen (secondary N) is 1. The number of thiophene rings is 1. The number of amides is 1. The molecule has 1 fully saturated rings. The lowest BCUT2D eigenvalue weighted by molar-refractivity contribution is -0.115. The Balaban J connectivity index is 1.73. The van der Waals surface area contributed by atoms with E-state index in [1.54, 1.807) is 57.2 Å². The monoisotopic (exact) mass is 456 g/mol. The third kappa shape index (κ3) is 5.25. The van der Waals surface area contributed by atoms with Crippen molar-refractivity contribution >= 4 is 44.7 Å². The molecular weight excluding hydrogens is 432 g/mol. The Labute approximate surface area is 179 Å². The standard InChI is InChI=1S/C19H24N2O5S3/c1-13-17(12-19(28-13)29(23,24)21-4-6-27-7-5-21)20-18(22)10-14-8-15(25-2)11-16(9-14)26-3/h8-9,11-12H,4-7,10H2,1-3H3,(H,20,22). The maximum atomic E-state index is 12.9. The van der Waals surface area contributed by atoms with Crippen molar-refractivity contribution in [2.45, 2.75) is 17.6 Å². The fourth-order valence-corrected chi connectivity index (χ4v) is 7.10. The molecule has 0 radical (unpaired) electrons. The van der Waals surface area contributed by atoms with E-state index in [4.69, 9.17) is 9.47 Å². The van der Waals surface area contributed by atoms with Crippen LogP contribution in [0.4, 0.5) is 5.69 Å². The van der Waals surface area contributed by atoms with Crippen molar-refractivity contribution in [3.8, 4) is 11.5 Å². The SMILES string of the molecule is COc1cc(CC(=O)Nc2cc(S(=O)(=O)N3CCSCC3)sc2C)cc(OC)c1. The van der Waals surface area contributed by atoms with Crippen molar-refractivity contribution in [2.75, 3.05) is 44.1 Å². The fraction of sp³-hybridized carbons (Fsp3) is 0.421. The molecule has 158 valence electrons. The Kier molecular flexibility index (Phi) is 7.10. The van der Waals surface area contributed by atoms with Gasteiger partial charge in [-0.15, -0.1) is 11.3 Å². The van der Waals surface area contributed by atoms with Gasteiger partial charge in [-0.3, -0.25) is 4.79 Å². The number of nitrogens with zero attached hydrogens (tertiary/aromatic N) is 1. The van der Waals surface area contributed by atoms with Gasteiger partial charge in [-0.1, -0.05) is 0 Å². The van der Waals surface area contributed by atoms with Crippen molar-refractivity contribution in [3.63, 3.8) is 0 Å². The molecule has 1 aliphatic rings. The van der Waals surface area contributed by atoms with Gasteiger partial charge in [-0.2, -0.15) is 16.1 Å². The number of sulfonamides is 1. The van der Waals surface area contributed by atoms with E-state index in [0.717, 1.165) is 21.9 Å². The molecule has 7 nitrogen and oxygen atoms in total. The van der Waals surface area contributed by atoms with E-state index in [2.05, 4.69) is 5.32 Å². The van der Waals surface area contributed by atoms with Gasteiger partial charge in [-0.05, 0) is 30.7 Å². The average Bonchev–Trinajstić information content (AvgIpc) is 3.09. The van der Waals surface area contributed by atoms with Crippen LogP contribution in [0.1, 0.15) is 10.4 Å². The van der Waals surface area contributed by atoms with Gasteiger partial charge < -0.3 is 14.8 Å². The van der Waals surface area contributed by atoms with E-state index >= 15 is 0 Å². The molecular formula is C19H24N2O5S3. The number of ether oxygens (including phenoxy) is 2. The summed E-state index contributed by atoms with van der Waals surface area (Å²) in [6.07, 6.45) is 0.119. The molecule has 0 spiro atoms. The van der Waals surface area contributed by atoms with Crippen LogP contribution in [-0.4, -0.2) is 57.4 Å². The lowest BCUT2D eigenvalue weighted by Gasteiger charge is -2.24. The number of hydrogen-bond donors (Lipinski definition) is 1. The number of carbonyl (C=O) groups excluding carboxylic acids is 1. The van der Waals surface area contributed by atoms with Gasteiger partial charge in [0.1, 0.15) is 15.7 Å². The molecule has 1 N–H and O–H groups in total. The number of rotatable bonds is 7. The molecule has 0 bridgehead atoms. The molecule has 1 aromatic heterocycles. The van der Waals surface area contributed by atoms with Gasteiger partial charge >= 0.3 is 0 Å². The van der Waals surface area contributed by atoms with Crippen LogP contribution in [0.15, 0.2) is 28.5 Å². The molecule has 29 heavy (non-hydrogen) atoms. The highest BCUT2D eigenvalue weighted by atomic mass is 32.2. The first kappa shape index (κ1) is 21.9. The zero-order valence-electron chi connectivity index (χ0n) is 16.6. The number of benzene rings is 1. The molecule has 3 rings (SSSR count). The predicted molar refractivity (Wildman–Crippen MR) is 117 cm³/mol. The molecule has 0 unspecified atom stereocenters. The predicted octanol–water partition coefficient (Wildman–Crippen LogP) is 2.99. The number of hydrogen-bond acceptors (Lipinski definition) is 7. The second-order valence-corrected chi connectivity index (χ2v) is 11.1. The zero-order chi connectivity index (χ0) is 21.0. The van der Waals surface area contributed by atoms with E-state index in [9.17, 15) is 13.2 Å². The van der Waals surface area contributed by atoms with Crippen LogP contribution in [0.2, 0.25) is 0 Å². The summed E-state index contributed by atoms with van der Waals surface area (Å²) < 4.78 is 38.0. The van der Waals surface area contributed by atoms with Gasteiger partial charge in [0.25, 0.3) is 10.0 Å². The smallest absolute Gasteiger partial charge is 0.252 e. The number of thioether (sulfide) groups is 1. The van der Waals surface area contributed by atoms with Crippen molar-refractivity contribution < 1.29 is 22.7 Å². The molecule has 1 aromatic carbocycles. The van der Waals surface area contributed by atoms with Crippen LogP contribution < -0.4 is 14.8 Å². The van der Waals surface area contributed by atoms with Gasteiger partial charge in [0.05, 0.1) is 26.3 Å². The van der Waals surface area contributed by atoms with Crippen LogP contribution in [0.5, 0.6) is 11.5 Å². The van der Waals surface area contributed by atoms with Crippen molar-refractivity contribution in [1.82, 2.24) is 4.31 Å². The first-order chi connectivity index (χ1) is 13.8. The summed E-state index contributed by atoms with van der Waals surface area (Å²) in [4.78, 5) is 13.3. The average molecular weight is 457 g/mol. The van der Waals surface area contributed by atoms with Crippen molar-refractivity contribution in [2.24, 2.45) is 0 Å². The molecule has 0 saturated carbocycles. The topological polar surface area (TPSA) is 84.9 Å². The largest absolute Gasteiger partial charge is 0.497 e.